The van der Waals surface area contributed by atoms with Crippen LogP contribution in [0.25, 0.3) is 10.8 Å². The van der Waals surface area contributed by atoms with Gasteiger partial charge in [0, 0.05) is 18.1 Å². The van der Waals surface area contributed by atoms with Gasteiger partial charge in [-0.05, 0) is 48.4 Å². The largest absolute Gasteiger partial charge is 0.497 e. The second kappa shape index (κ2) is 6.41. The fourth-order valence-electron chi connectivity index (χ4n) is 2.14. The zero-order valence-corrected chi connectivity index (χ0v) is 11.9. The van der Waals surface area contributed by atoms with Crippen LogP contribution in [0.2, 0.25) is 0 Å². The summed E-state index contributed by atoms with van der Waals surface area (Å²) in [5.74, 6) is 2.60. The summed E-state index contributed by atoms with van der Waals surface area (Å²) in [5, 5.41) is 5.73. The molecule has 102 valence electrons. The molecule has 0 aliphatic carbocycles. The van der Waals surface area contributed by atoms with Gasteiger partial charge in [-0.3, -0.25) is 0 Å². The van der Waals surface area contributed by atoms with Gasteiger partial charge in [0.25, 0.3) is 0 Å². The van der Waals surface area contributed by atoms with E-state index < -0.39 is 0 Å². The molecule has 0 fully saturated rings. The van der Waals surface area contributed by atoms with Crippen LogP contribution < -0.4 is 10.1 Å². The molecule has 1 aromatic heterocycles. The lowest BCUT2D eigenvalue weighted by Gasteiger charge is -2.10. The Balaban J connectivity index is 2.10. The summed E-state index contributed by atoms with van der Waals surface area (Å²) in [4.78, 5) is 4.43. The molecule has 0 aliphatic rings. The Kier molecular flexibility index (Phi) is 4.61. The van der Waals surface area contributed by atoms with E-state index in [0.29, 0.717) is 0 Å². The predicted octanol–water partition coefficient (Wildman–Crippen LogP) is 4.09. The summed E-state index contributed by atoms with van der Waals surface area (Å²) in [6.07, 6.45) is 4.25. The van der Waals surface area contributed by atoms with E-state index in [1.807, 2.05) is 24.4 Å². The summed E-state index contributed by atoms with van der Waals surface area (Å²) in [7, 11) is 1.69. The van der Waals surface area contributed by atoms with Crippen molar-refractivity contribution in [1.29, 1.82) is 0 Å². The molecule has 1 aromatic carbocycles. The molecular formula is C16H22N2O. The van der Waals surface area contributed by atoms with Crippen LogP contribution in [0.15, 0.2) is 30.5 Å². The van der Waals surface area contributed by atoms with Crippen molar-refractivity contribution in [3.63, 3.8) is 0 Å². The number of pyridine rings is 1. The fourth-order valence-corrected chi connectivity index (χ4v) is 2.14. The predicted molar refractivity (Wildman–Crippen MR) is 80.9 cm³/mol. The third kappa shape index (κ3) is 3.60. The lowest BCUT2D eigenvalue weighted by Crippen LogP contribution is -2.05. The number of methoxy groups -OCH3 is 1. The van der Waals surface area contributed by atoms with Gasteiger partial charge in [-0.25, -0.2) is 4.98 Å². The normalized spacial score (nSPS) is 10.9. The van der Waals surface area contributed by atoms with Crippen molar-refractivity contribution < 1.29 is 4.74 Å². The van der Waals surface area contributed by atoms with E-state index in [-0.39, 0.29) is 0 Å². The van der Waals surface area contributed by atoms with E-state index in [9.17, 15) is 0 Å². The highest BCUT2D eigenvalue weighted by molar-refractivity contribution is 5.92. The molecule has 0 saturated carbocycles. The van der Waals surface area contributed by atoms with Gasteiger partial charge in [0.15, 0.2) is 0 Å². The van der Waals surface area contributed by atoms with Crippen molar-refractivity contribution in [1.82, 2.24) is 4.98 Å². The number of benzene rings is 1. The van der Waals surface area contributed by atoms with E-state index >= 15 is 0 Å². The molecule has 0 amide bonds. The van der Waals surface area contributed by atoms with E-state index in [0.717, 1.165) is 34.8 Å². The number of ether oxygens (including phenoxy) is 1. The van der Waals surface area contributed by atoms with Crippen LogP contribution in [0.3, 0.4) is 0 Å². The van der Waals surface area contributed by atoms with Gasteiger partial charge in [0.05, 0.1) is 7.11 Å². The van der Waals surface area contributed by atoms with Gasteiger partial charge in [-0.15, -0.1) is 0 Å². The monoisotopic (exact) mass is 258 g/mol. The Labute approximate surface area is 115 Å². The summed E-state index contributed by atoms with van der Waals surface area (Å²) < 4.78 is 5.25. The second-order valence-corrected chi connectivity index (χ2v) is 5.21. The van der Waals surface area contributed by atoms with Crippen LogP contribution in [-0.4, -0.2) is 18.6 Å². The van der Waals surface area contributed by atoms with Crippen molar-refractivity contribution in [3.8, 4) is 5.75 Å². The third-order valence-corrected chi connectivity index (χ3v) is 3.22. The highest BCUT2D eigenvalue weighted by Gasteiger charge is 2.03. The Bertz CT molecular complexity index is 537. The van der Waals surface area contributed by atoms with Crippen LogP contribution in [0.4, 0.5) is 5.82 Å². The molecule has 0 saturated heterocycles. The number of hydrogen-bond acceptors (Lipinski definition) is 3. The number of nitrogens with one attached hydrogen (secondary N) is 1. The summed E-state index contributed by atoms with van der Waals surface area (Å²) in [6, 6.07) is 8.09. The average molecular weight is 258 g/mol. The van der Waals surface area contributed by atoms with E-state index in [4.69, 9.17) is 4.74 Å². The standard InChI is InChI=1S/C16H22N2O/c1-12(2)5-4-9-17-16-15-7-6-14(19-3)11-13(15)8-10-18-16/h6-8,10-12H,4-5,9H2,1-3H3,(H,17,18). The molecule has 0 atom stereocenters. The van der Waals surface area contributed by atoms with Crippen LogP contribution in [0, 0.1) is 5.92 Å². The van der Waals surface area contributed by atoms with E-state index in [2.05, 4.69) is 30.2 Å². The van der Waals surface area contributed by atoms with Crippen LogP contribution >= 0.6 is 0 Å². The minimum Gasteiger partial charge on any atom is -0.497 e. The highest BCUT2D eigenvalue weighted by atomic mass is 16.5. The van der Waals surface area contributed by atoms with Crippen molar-refractivity contribution >= 4 is 16.6 Å². The van der Waals surface area contributed by atoms with Crippen molar-refractivity contribution in [2.24, 2.45) is 5.92 Å². The average Bonchev–Trinajstić information content (AvgIpc) is 2.42. The minimum atomic E-state index is 0.756. The Morgan fingerprint density at radius 3 is 2.84 bits per heavy atom. The maximum Gasteiger partial charge on any atom is 0.133 e. The van der Waals surface area contributed by atoms with Crippen LogP contribution in [-0.2, 0) is 0 Å². The number of anilines is 1. The Morgan fingerprint density at radius 2 is 2.11 bits per heavy atom. The molecule has 3 nitrogen and oxygen atoms in total. The maximum absolute atomic E-state index is 5.25. The lowest BCUT2D eigenvalue weighted by molar-refractivity contribution is 0.415. The van der Waals surface area contributed by atoms with Crippen LogP contribution in [0.1, 0.15) is 26.7 Å². The second-order valence-electron chi connectivity index (χ2n) is 5.21. The van der Waals surface area contributed by atoms with Gasteiger partial charge in [0.2, 0.25) is 0 Å². The number of hydrogen-bond donors (Lipinski definition) is 1. The molecule has 2 aromatic rings. The summed E-state index contributed by atoms with van der Waals surface area (Å²) >= 11 is 0. The number of rotatable bonds is 6. The zero-order chi connectivity index (χ0) is 13.7. The van der Waals surface area contributed by atoms with E-state index in [1.54, 1.807) is 7.11 Å². The summed E-state index contributed by atoms with van der Waals surface area (Å²) in [6.45, 7) is 5.47. The minimum absolute atomic E-state index is 0.756. The van der Waals surface area contributed by atoms with E-state index in [1.165, 1.54) is 12.8 Å². The van der Waals surface area contributed by atoms with Crippen LogP contribution in [0.5, 0.6) is 5.75 Å². The molecule has 3 heteroatoms. The molecule has 0 spiro atoms. The number of nitrogens with zero attached hydrogens (tertiary/aromatic N) is 1. The highest BCUT2D eigenvalue weighted by Crippen LogP contribution is 2.25. The Hall–Kier alpha value is -1.77. The van der Waals surface area contributed by atoms with Gasteiger partial charge < -0.3 is 10.1 Å². The Morgan fingerprint density at radius 1 is 1.26 bits per heavy atom. The molecule has 0 unspecified atom stereocenters. The quantitative estimate of drug-likeness (QED) is 0.792. The molecular weight excluding hydrogens is 236 g/mol. The molecule has 19 heavy (non-hydrogen) atoms. The van der Waals surface area contributed by atoms with Gasteiger partial charge in [-0.1, -0.05) is 13.8 Å². The van der Waals surface area contributed by atoms with Gasteiger partial charge in [-0.2, -0.15) is 0 Å². The van der Waals surface area contributed by atoms with Crippen molar-refractivity contribution in [2.75, 3.05) is 19.0 Å². The molecule has 0 aliphatic heterocycles. The number of fused-ring (bicyclic) bond motifs is 1. The first-order valence-corrected chi connectivity index (χ1v) is 6.87. The molecule has 0 radical (unpaired) electrons. The lowest BCUT2D eigenvalue weighted by atomic mass is 10.1. The molecule has 2 rings (SSSR count). The number of aromatic nitrogens is 1. The fraction of sp³-hybridized carbons (Fsp3) is 0.438. The van der Waals surface area contributed by atoms with Gasteiger partial charge in [0.1, 0.15) is 11.6 Å². The summed E-state index contributed by atoms with van der Waals surface area (Å²) in [5.41, 5.74) is 0. The van der Waals surface area contributed by atoms with Gasteiger partial charge >= 0.3 is 0 Å². The zero-order valence-electron chi connectivity index (χ0n) is 11.9. The first-order chi connectivity index (χ1) is 9.20. The third-order valence-electron chi connectivity index (χ3n) is 3.22. The maximum atomic E-state index is 5.25. The molecule has 0 bridgehead atoms. The smallest absolute Gasteiger partial charge is 0.133 e. The van der Waals surface area contributed by atoms with Crippen molar-refractivity contribution in [2.45, 2.75) is 26.7 Å². The molecule has 1 heterocycles. The van der Waals surface area contributed by atoms with Crippen molar-refractivity contribution in [3.05, 3.63) is 30.5 Å². The SMILES string of the molecule is COc1ccc2c(NCCCC(C)C)nccc2c1. The first-order valence-electron chi connectivity index (χ1n) is 6.87. The molecule has 1 N–H and O–H groups in total. The first kappa shape index (κ1) is 13.7. The topological polar surface area (TPSA) is 34.1 Å².